The van der Waals surface area contributed by atoms with Crippen LogP contribution in [0.4, 0.5) is 17.1 Å². The Bertz CT molecular complexity index is 3500. The maximum absolute atomic E-state index is 6.46. The van der Waals surface area contributed by atoms with E-state index < -0.39 is 0 Å². The molecule has 0 aliphatic rings. The van der Waals surface area contributed by atoms with Gasteiger partial charge >= 0.3 is 0 Å². The monoisotopic (exact) mass is 752 g/mol. The van der Waals surface area contributed by atoms with Gasteiger partial charge in [0.15, 0.2) is 0 Å². The second kappa shape index (κ2) is 13.4. The van der Waals surface area contributed by atoms with Gasteiger partial charge in [0.25, 0.3) is 0 Å². The molecule has 12 aromatic rings. The van der Waals surface area contributed by atoms with E-state index >= 15 is 0 Å². The molecule has 0 N–H and O–H groups in total. The number of anilines is 3. The van der Waals surface area contributed by atoms with E-state index in [9.17, 15) is 0 Å². The number of fused-ring (bicyclic) bond motifs is 8. The SMILES string of the molecule is c1ccc2c(-c3ccc(N(c4ccc(-c5cccc6c5oc5ccccc56)cc4)c4ccc(-n5c6ccccc6c6ccccc65)c5ccccc45)cc3)cccc2c1. The first-order chi connectivity index (χ1) is 29.3. The summed E-state index contributed by atoms with van der Waals surface area (Å²) in [4.78, 5) is 2.40. The fourth-order valence-electron chi connectivity index (χ4n) is 9.30. The number of aromatic nitrogens is 1. The quantitative estimate of drug-likeness (QED) is 0.169. The molecule has 3 nitrogen and oxygen atoms in total. The molecule has 0 aliphatic heterocycles. The van der Waals surface area contributed by atoms with Crippen LogP contribution in [0.2, 0.25) is 0 Å². The molecule has 10 aromatic carbocycles. The highest BCUT2D eigenvalue weighted by Gasteiger charge is 2.21. The smallest absolute Gasteiger partial charge is 0.143 e. The zero-order chi connectivity index (χ0) is 38.9. The summed E-state index contributed by atoms with van der Waals surface area (Å²) in [5, 5.41) is 9.61. The third-order valence-corrected chi connectivity index (χ3v) is 12.0. The lowest BCUT2D eigenvalue weighted by molar-refractivity contribution is 0.670. The van der Waals surface area contributed by atoms with Crippen LogP contribution in [0.5, 0.6) is 0 Å². The molecule has 0 saturated carbocycles. The summed E-state index contributed by atoms with van der Waals surface area (Å²) >= 11 is 0. The second-order valence-corrected chi connectivity index (χ2v) is 15.3. The minimum absolute atomic E-state index is 0.904. The third kappa shape index (κ3) is 5.29. The fraction of sp³-hybridized carbons (Fsp3) is 0. The van der Waals surface area contributed by atoms with Crippen molar-refractivity contribution in [3.63, 3.8) is 0 Å². The van der Waals surface area contributed by atoms with Gasteiger partial charge in [0.2, 0.25) is 0 Å². The van der Waals surface area contributed by atoms with Crippen LogP contribution in [0.15, 0.2) is 223 Å². The molecule has 12 rings (SSSR count). The molecular weight excluding hydrogens is 717 g/mol. The van der Waals surface area contributed by atoms with E-state index in [1.807, 2.05) is 12.1 Å². The van der Waals surface area contributed by atoms with E-state index in [4.69, 9.17) is 4.42 Å². The number of benzene rings is 10. The van der Waals surface area contributed by atoms with Gasteiger partial charge < -0.3 is 13.9 Å². The van der Waals surface area contributed by atoms with Crippen molar-refractivity contribution in [2.45, 2.75) is 0 Å². The molecule has 0 atom stereocenters. The van der Waals surface area contributed by atoms with Gasteiger partial charge in [-0.15, -0.1) is 0 Å². The summed E-state index contributed by atoms with van der Waals surface area (Å²) in [5.74, 6) is 0. The molecule has 0 aliphatic carbocycles. The Kier molecular flexibility index (Phi) is 7.54. The first kappa shape index (κ1) is 33.3. The molecule has 0 amide bonds. The molecule has 0 radical (unpaired) electrons. The van der Waals surface area contributed by atoms with E-state index in [1.54, 1.807) is 0 Å². The molecule has 2 aromatic heterocycles. The van der Waals surface area contributed by atoms with Crippen LogP contribution in [-0.2, 0) is 0 Å². The molecule has 0 spiro atoms. The Labute approximate surface area is 341 Å². The Morgan fingerprint density at radius 3 is 1.56 bits per heavy atom. The largest absolute Gasteiger partial charge is 0.455 e. The lowest BCUT2D eigenvalue weighted by Crippen LogP contribution is -2.11. The average molecular weight is 753 g/mol. The van der Waals surface area contributed by atoms with Gasteiger partial charge in [0.05, 0.1) is 22.4 Å². The molecule has 276 valence electrons. The Hall–Kier alpha value is -7.88. The van der Waals surface area contributed by atoms with Gasteiger partial charge in [-0.05, 0) is 82.1 Å². The second-order valence-electron chi connectivity index (χ2n) is 15.3. The zero-order valence-corrected chi connectivity index (χ0v) is 32.1. The van der Waals surface area contributed by atoms with Gasteiger partial charge in [0, 0.05) is 49.3 Å². The number of hydrogen-bond acceptors (Lipinski definition) is 2. The number of rotatable bonds is 6. The highest BCUT2D eigenvalue weighted by Crippen LogP contribution is 2.44. The third-order valence-electron chi connectivity index (χ3n) is 12.0. The van der Waals surface area contributed by atoms with Crippen LogP contribution >= 0.6 is 0 Å². The van der Waals surface area contributed by atoms with Gasteiger partial charge in [-0.25, -0.2) is 0 Å². The molecule has 3 heteroatoms. The van der Waals surface area contributed by atoms with Crippen LogP contribution in [0.1, 0.15) is 0 Å². The summed E-state index contributed by atoms with van der Waals surface area (Å²) in [6.45, 7) is 0. The van der Waals surface area contributed by atoms with Gasteiger partial charge in [0.1, 0.15) is 11.2 Å². The molecule has 59 heavy (non-hydrogen) atoms. The van der Waals surface area contributed by atoms with Crippen LogP contribution in [0, 0.1) is 0 Å². The maximum Gasteiger partial charge on any atom is 0.143 e. The van der Waals surface area contributed by atoms with Crippen LogP contribution in [0.3, 0.4) is 0 Å². The van der Waals surface area contributed by atoms with Crippen LogP contribution < -0.4 is 4.90 Å². The van der Waals surface area contributed by atoms with E-state index in [-0.39, 0.29) is 0 Å². The van der Waals surface area contributed by atoms with Crippen LogP contribution in [0.25, 0.3) is 93.2 Å². The lowest BCUT2D eigenvalue weighted by Gasteiger charge is -2.28. The van der Waals surface area contributed by atoms with Crippen molar-refractivity contribution in [3.8, 4) is 27.9 Å². The predicted molar refractivity (Wildman–Crippen MR) is 249 cm³/mol. The molecule has 0 saturated heterocycles. The predicted octanol–water partition coefficient (Wildman–Crippen LogP) is 15.8. The number of para-hydroxylation sites is 4. The molecule has 0 unspecified atom stereocenters. The average Bonchev–Trinajstić information content (AvgIpc) is 3.86. The van der Waals surface area contributed by atoms with Crippen molar-refractivity contribution < 1.29 is 4.42 Å². The van der Waals surface area contributed by atoms with Crippen LogP contribution in [-0.4, -0.2) is 4.57 Å². The fourth-order valence-corrected chi connectivity index (χ4v) is 9.30. The van der Waals surface area contributed by atoms with Crippen molar-refractivity contribution in [2.75, 3.05) is 4.90 Å². The highest BCUT2D eigenvalue weighted by molar-refractivity contribution is 6.12. The lowest BCUT2D eigenvalue weighted by atomic mass is 9.97. The van der Waals surface area contributed by atoms with Crippen molar-refractivity contribution in [3.05, 3.63) is 218 Å². The Morgan fingerprint density at radius 1 is 0.339 bits per heavy atom. The number of furan rings is 1. The minimum Gasteiger partial charge on any atom is -0.455 e. The molecule has 2 heterocycles. The summed E-state index contributed by atoms with van der Waals surface area (Å²) in [6, 6.07) is 78.7. The normalized spacial score (nSPS) is 11.7. The number of nitrogens with zero attached hydrogens (tertiary/aromatic N) is 2. The first-order valence-electron chi connectivity index (χ1n) is 20.2. The van der Waals surface area contributed by atoms with Crippen molar-refractivity contribution in [1.29, 1.82) is 0 Å². The summed E-state index contributed by atoms with van der Waals surface area (Å²) < 4.78 is 8.88. The van der Waals surface area contributed by atoms with Gasteiger partial charge in [-0.2, -0.15) is 0 Å². The summed E-state index contributed by atoms with van der Waals surface area (Å²) in [6.07, 6.45) is 0. The summed E-state index contributed by atoms with van der Waals surface area (Å²) in [5.41, 5.74) is 13.2. The van der Waals surface area contributed by atoms with E-state index in [0.717, 1.165) is 55.8 Å². The van der Waals surface area contributed by atoms with Gasteiger partial charge in [-0.1, -0.05) is 164 Å². The van der Waals surface area contributed by atoms with E-state index in [1.165, 1.54) is 54.5 Å². The molecular formula is C56H36N2O. The van der Waals surface area contributed by atoms with E-state index in [0.29, 0.717) is 0 Å². The zero-order valence-electron chi connectivity index (χ0n) is 32.1. The van der Waals surface area contributed by atoms with Gasteiger partial charge in [-0.3, -0.25) is 0 Å². The van der Waals surface area contributed by atoms with E-state index in [2.05, 4.69) is 216 Å². The first-order valence-corrected chi connectivity index (χ1v) is 20.2. The number of hydrogen-bond donors (Lipinski definition) is 0. The minimum atomic E-state index is 0.904. The topological polar surface area (TPSA) is 21.3 Å². The van der Waals surface area contributed by atoms with Crippen molar-refractivity contribution in [1.82, 2.24) is 4.57 Å². The van der Waals surface area contributed by atoms with Crippen molar-refractivity contribution in [2.24, 2.45) is 0 Å². The molecule has 0 fully saturated rings. The molecule has 0 bridgehead atoms. The standard InChI is InChI=1S/C56H36N2O/c1-2-15-42-37(13-1)14-11-21-43(42)38-27-31-40(32-28-38)57(41-33-29-39(30-34-41)44-22-12-23-50-49-20-7-10-26-55(49)59-56(44)50)53-35-36-54(48-17-4-3-16-47(48)53)58-51-24-8-5-18-45(51)46-19-6-9-25-52(46)58/h1-36H. The summed E-state index contributed by atoms with van der Waals surface area (Å²) in [7, 11) is 0. The Morgan fingerprint density at radius 2 is 0.847 bits per heavy atom. The van der Waals surface area contributed by atoms with Crippen molar-refractivity contribution >= 4 is 82.4 Å². The highest BCUT2D eigenvalue weighted by atomic mass is 16.3. The Balaban J connectivity index is 1.04. The maximum atomic E-state index is 6.46.